The lowest BCUT2D eigenvalue weighted by Gasteiger charge is -2.19. The first-order valence-corrected chi connectivity index (χ1v) is 8.54. The Kier molecular flexibility index (Phi) is 5.16. The predicted molar refractivity (Wildman–Crippen MR) is 92.6 cm³/mol. The van der Waals surface area contributed by atoms with Gasteiger partial charge in [-0.15, -0.1) is 0 Å². The third-order valence-electron chi connectivity index (χ3n) is 4.37. The number of aryl methyl sites for hydroxylation is 1. The molecule has 1 amide bonds. The van der Waals surface area contributed by atoms with Gasteiger partial charge in [-0.25, -0.2) is 4.79 Å². The van der Waals surface area contributed by atoms with E-state index in [0.717, 1.165) is 37.3 Å². The fourth-order valence-electron chi connectivity index (χ4n) is 2.98. The molecule has 1 aromatic heterocycles. The van der Waals surface area contributed by atoms with Crippen LogP contribution in [-0.4, -0.2) is 36.5 Å². The van der Waals surface area contributed by atoms with Crippen molar-refractivity contribution in [1.82, 2.24) is 4.90 Å². The number of esters is 1. The molecule has 6 heteroatoms. The number of hydrogen-bond donors (Lipinski definition) is 0. The summed E-state index contributed by atoms with van der Waals surface area (Å²) in [5.74, 6) is -1.21. The molecule has 1 fully saturated rings. The summed E-state index contributed by atoms with van der Waals surface area (Å²) in [6.45, 7) is 2.92. The number of carbonyl (C=O) groups excluding carboxylic acids is 2. The second-order valence-electron chi connectivity index (χ2n) is 6.35. The van der Waals surface area contributed by atoms with Gasteiger partial charge in [-0.3, -0.25) is 9.59 Å². The van der Waals surface area contributed by atoms with Crippen LogP contribution in [0.2, 0.25) is 0 Å². The quantitative estimate of drug-likeness (QED) is 0.801. The number of benzene rings is 1. The van der Waals surface area contributed by atoms with Gasteiger partial charge in [0.15, 0.2) is 12.0 Å². The second-order valence-corrected chi connectivity index (χ2v) is 6.35. The largest absolute Gasteiger partial charge is 0.450 e. The maximum atomic E-state index is 12.2. The van der Waals surface area contributed by atoms with Crippen molar-refractivity contribution in [2.45, 2.75) is 32.6 Å². The van der Waals surface area contributed by atoms with E-state index in [1.54, 1.807) is 23.1 Å². The zero-order valence-electron chi connectivity index (χ0n) is 14.2. The lowest BCUT2D eigenvalue weighted by atomic mass is 10.1. The highest BCUT2D eigenvalue weighted by Crippen LogP contribution is 2.15. The van der Waals surface area contributed by atoms with Gasteiger partial charge < -0.3 is 14.1 Å². The van der Waals surface area contributed by atoms with Crippen LogP contribution >= 0.6 is 0 Å². The first-order valence-electron chi connectivity index (χ1n) is 8.54. The summed E-state index contributed by atoms with van der Waals surface area (Å²) in [6.07, 6.45) is 4.17. The molecule has 0 unspecified atom stereocenters. The van der Waals surface area contributed by atoms with Gasteiger partial charge in [-0.2, -0.15) is 0 Å². The van der Waals surface area contributed by atoms with E-state index in [1.165, 1.54) is 0 Å². The fraction of sp³-hybridized carbons (Fsp3) is 0.421. The van der Waals surface area contributed by atoms with Gasteiger partial charge in [0.1, 0.15) is 5.58 Å². The molecule has 2 aromatic rings. The zero-order chi connectivity index (χ0) is 17.8. The number of ether oxygens (including phenoxy) is 1. The molecule has 0 aliphatic carbocycles. The molecule has 132 valence electrons. The minimum absolute atomic E-state index is 0.190. The van der Waals surface area contributed by atoms with Crippen molar-refractivity contribution in [3.05, 3.63) is 45.8 Å². The number of nitrogens with zero attached hydrogens (tertiary/aromatic N) is 1. The van der Waals surface area contributed by atoms with Gasteiger partial charge in [0.25, 0.3) is 5.91 Å². The van der Waals surface area contributed by atoms with E-state index in [2.05, 4.69) is 0 Å². The molecule has 3 rings (SSSR count). The number of fused-ring (bicyclic) bond motifs is 1. The number of hydrogen-bond acceptors (Lipinski definition) is 5. The van der Waals surface area contributed by atoms with Crippen LogP contribution in [0.1, 0.15) is 41.8 Å². The van der Waals surface area contributed by atoms with Crippen molar-refractivity contribution in [2.24, 2.45) is 0 Å². The average Bonchev–Trinajstić information content (AvgIpc) is 2.89. The average molecular weight is 343 g/mol. The van der Waals surface area contributed by atoms with Gasteiger partial charge in [0, 0.05) is 19.2 Å². The second kappa shape index (κ2) is 7.51. The molecule has 1 saturated heterocycles. The van der Waals surface area contributed by atoms with E-state index in [-0.39, 0.29) is 23.7 Å². The zero-order valence-corrected chi connectivity index (χ0v) is 14.2. The highest BCUT2D eigenvalue weighted by molar-refractivity contribution is 5.90. The summed E-state index contributed by atoms with van der Waals surface area (Å²) >= 11 is 0. The Balaban J connectivity index is 1.68. The summed E-state index contributed by atoms with van der Waals surface area (Å²) in [4.78, 5) is 38.2. The Hall–Kier alpha value is -2.63. The van der Waals surface area contributed by atoms with Crippen LogP contribution in [0.25, 0.3) is 11.0 Å². The Labute approximate surface area is 145 Å². The lowest BCUT2D eigenvalue weighted by Crippen LogP contribution is -2.35. The predicted octanol–water partition coefficient (Wildman–Crippen LogP) is 2.66. The van der Waals surface area contributed by atoms with Crippen LogP contribution in [0, 0.1) is 6.92 Å². The number of carbonyl (C=O) groups is 2. The molecule has 1 aliphatic rings. The summed E-state index contributed by atoms with van der Waals surface area (Å²) in [5.41, 5.74) is 0.942. The van der Waals surface area contributed by atoms with Crippen LogP contribution in [0.15, 0.2) is 33.5 Å². The van der Waals surface area contributed by atoms with E-state index in [4.69, 9.17) is 9.15 Å². The van der Waals surface area contributed by atoms with Crippen molar-refractivity contribution >= 4 is 22.8 Å². The first-order chi connectivity index (χ1) is 12.0. The third kappa shape index (κ3) is 4.07. The Morgan fingerprint density at radius 3 is 2.56 bits per heavy atom. The third-order valence-corrected chi connectivity index (χ3v) is 4.37. The van der Waals surface area contributed by atoms with Crippen molar-refractivity contribution < 1.29 is 18.7 Å². The molecule has 0 atom stereocenters. The summed E-state index contributed by atoms with van der Waals surface area (Å²) in [7, 11) is 0. The molecule has 6 nitrogen and oxygen atoms in total. The van der Waals surface area contributed by atoms with Crippen LogP contribution < -0.4 is 5.43 Å². The molecule has 1 aliphatic heterocycles. The molecule has 1 aromatic carbocycles. The van der Waals surface area contributed by atoms with Crippen molar-refractivity contribution in [1.29, 1.82) is 0 Å². The van der Waals surface area contributed by atoms with Crippen molar-refractivity contribution in [3.63, 3.8) is 0 Å². The molecule has 25 heavy (non-hydrogen) atoms. The Morgan fingerprint density at radius 1 is 1.12 bits per heavy atom. The van der Waals surface area contributed by atoms with Gasteiger partial charge in [0.2, 0.25) is 5.76 Å². The first kappa shape index (κ1) is 17.2. The molecule has 0 saturated carbocycles. The normalized spacial score (nSPS) is 15.0. The van der Waals surface area contributed by atoms with Crippen LogP contribution in [0.4, 0.5) is 0 Å². The van der Waals surface area contributed by atoms with E-state index in [9.17, 15) is 14.4 Å². The highest BCUT2D eigenvalue weighted by atomic mass is 16.5. The number of likely N-dealkylation sites (tertiary alicyclic amines) is 1. The van der Waals surface area contributed by atoms with Crippen LogP contribution in [0.5, 0.6) is 0 Å². The van der Waals surface area contributed by atoms with Crippen LogP contribution in [0.3, 0.4) is 0 Å². The molecular weight excluding hydrogens is 322 g/mol. The smallest absolute Gasteiger partial charge is 0.374 e. The molecule has 0 radical (unpaired) electrons. The molecular formula is C19H21NO5. The van der Waals surface area contributed by atoms with Gasteiger partial charge >= 0.3 is 5.97 Å². The van der Waals surface area contributed by atoms with E-state index in [0.29, 0.717) is 24.1 Å². The maximum Gasteiger partial charge on any atom is 0.374 e. The summed E-state index contributed by atoms with van der Waals surface area (Å²) < 4.78 is 10.5. The van der Waals surface area contributed by atoms with E-state index < -0.39 is 5.97 Å². The van der Waals surface area contributed by atoms with Crippen molar-refractivity contribution in [2.75, 3.05) is 19.7 Å². The molecule has 0 N–H and O–H groups in total. The Bertz CT molecular complexity index is 847. The number of rotatable bonds is 3. The standard InChI is InChI=1S/C19H21NO5/c1-13-6-7-16-14(10-13)15(21)11-17(25-16)19(23)24-12-18(22)20-8-4-2-3-5-9-20/h6-7,10-11H,2-5,8-9,12H2,1H3. The maximum absolute atomic E-state index is 12.2. The molecule has 2 heterocycles. The number of amides is 1. The highest BCUT2D eigenvalue weighted by Gasteiger charge is 2.19. The Morgan fingerprint density at radius 2 is 1.84 bits per heavy atom. The minimum Gasteiger partial charge on any atom is -0.450 e. The molecule has 0 spiro atoms. The minimum atomic E-state index is -0.803. The summed E-state index contributed by atoms with van der Waals surface area (Å²) in [6, 6.07) is 6.26. The van der Waals surface area contributed by atoms with Gasteiger partial charge in [-0.05, 0) is 31.9 Å². The summed E-state index contributed by atoms with van der Waals surface area (Å²) in [5, 5.41) is 0.414. The lowest BCUT2D eigenvalue weighted by molar-refractivity contribution is -0.134. The topological polar surface area (TPSA) is 76.8 Å². The monoisotopic (exact) mass is 343 g/mol. The fourth-order valence-corrected chi connectivity index (χ4v) is 2.98. The van der Waals surface area contributed by atoms with Gasteiger partial charge in [-0.1, -0.05) is 24.5 Å². The van der Waals surface area contributed by atoms with Crippen molar-refractivity contribution in [3.8, 4) is 0 Å². The van der Waals surface area contributed by atoms with E-state index >= 15 is 0 Å². The SMILES string of the molecule is Cc1ccc2oc(C(=O)OCC(=O)N3CCCCCC3)cc(=O)c2c1. The van der Waals surface area contributed by atoms with E-state index in [1.807, 2.05) is 6.92 Å². The van der Waals surface area contributed by atoms with Gasteiger partial charge in [0.05, 0.1) is 5.39 Å². The van der Waals surface area contributed by atoms with Crippen LogP contribution in [-0.2, 0) is 9.53 Å². The molecule has 0 bridgehead atoms.